The number of phenolic OH excluding ortho intramolecular Hbond substituents is 2. The Kier molecular flexibility index (Phi) is 3.89. The third kappa shape index (κ3) is 2.85. The van der Waals surface area contributed by atoms with Crippen LogP contribution in [-0.2, 0) is 4.79 Å². The molecule has 0 heterocycles. The van der Waals surface area contributed by atoms with Gasteiger partial charge in [-0.15, -0.1) is 0 Å². The third-order valence-electron chi connectivity index (χ3n) is 2.03. The van der Waals surface area contributed by atoms with Crippen LogP contribution in [0.25, 0.3) is 0 Å². The van der Waals surface area contributed by atoms with E-state index in [2.05, 4.69) is 0 Å². The number of nitrogens with one attached hydrogen (secondary N) is 1. The van der Waals surface area contributed by atoms with Gasteiger partial charge in [0.05, 0.1) is 24.2 Å². The molecule has 1 aromatic carbocycles. The Labute approximate surface area is 95.9 Å². The van der Waals surface area contributed by atoms with Crippen LogP contribution in [0.4, 0.5) is 0 Å². The lowest BCUT2D eigenvalue weighted by Gasteiger charge is -2.17. The number of carboxylic acids is 1. The molecule has 0 aliphatic rings. The molecule has 4 N–H and O–H groups in total. The second kappa shape index (κ2) is 5.17. The topological polar surface area (TPSA) is 130 Å². The average molecular weight is 240 g/mol. The molecule has 1 rings (SSSR count). The quantitative estimate of drug-likeness (QED) is 0.448. The molecule has 0 unspecified atom stereocenters. The van der Waals surface area contributed by atoms with Crippen LogP contribution in [0.3, 0.4) is 0 Å². The largest absolute Gasteiger partial charge is 0.548 e. The molecule has 0 spiro atoms. The molecule has 1 atom stereocenters. The second-order valence-corrected chi connectivity index (χ2v) is 3.20. The maximum atomic E-state index is 11.5. The highest BCUT2D eigenvalue weighted by Gasteiger charge is 2.18. The van der Waals surface area contributed by atoms with Gasteiger partial charge in [0.25, 0.3) is 5.91 Å². The van der Waals surface area contributed by atoms with Gasteiger partial charge in [-0.05, 0) is 12.1 Å². The van der Waals surface area contributed by atoms with Gasteiger partial charge in [0.15, 0.2) is 11.5 Å². The van der Waals surface area contributed by atoms with Crippen molar-refractivity contribution >= 4 is 11.9 Å². The smallest absolute Gasteiger partial charge is 0.255 e. The van der Waals surface area contributed by atoms with Crippen molar-refractivity contribution in [2.75, 3.05) is 6.61 Å². The summed E-state index contributed by atoms with van der Waals surface area (Å²) in [5, 5.41) is 39.5. The fraction of sp³-hybridized carbons (Fsp3) is 0.200. The molecule has 0 aliphatic heterocycles. The van der Waals surface area contributed by atoms with Gasteiger partial charge in [-0.25, -0.2) is 0 Å². The van der Waals surface area contributed by atoms with E-state index in [1.807, 2.05) is 5.32 Å². The van der Waals surface area contributed by atoms with E-state index in [0.717, 1.165) is 6.07 Å². The number of para-hydroxylation sites is 1. The van der Waals surface area contributed by atoms with Crippen LogP contribution < -0.4 is 10.4 Å². The van der Waals surface area contributed by atoms with E-state index in [1.54, 1.807) is 0 Å². The molecule has 0 aromatic heterocycles. The summed E-state index contributed by atoms with van der Waals surface area (Å²) in [5.41, 5.74) is -0.301. The molecule has 0 bridgehead atoms. The minimum absolute atomic E-state index is 0.301. The molecule has 17 heavy (non-hydrogen) atoms. The van der Waals surface area contributed by atoms with Crippen molar-refractivity contribution in [3.8, 4) is 11.5 Å². The number of carbonyl (C=O) groups is 2. The van der Waals surface area contributed by atoms with E-state index < -0.39 is 36.0 Å². The molecular weight excluding hydrogens is 230 g/mol. The van der Waals surface area contributed by atoms with Crippen LogP contribution >= 0.6 is 0 Å². The van der Waals surface area contributed by atoms with Gasteiger partial charge in [-0.2, -0.15) is 0 Å². The molecule has 7 heteroatoms. The summed E-state index contributed by atoms with van der Waals surface area (Å²) >= 11 is 0. The summed E-state index contributed by atoms with van der Waals surface area (Å²) in [6.45, 7) is -0.840. The van der Waals surface area contributed by atoms with Crippen molar-refractivity contribution < 1.29 is 30.0 Å². The van der Waals surface area contributed by atoms with Gasteiger partial charge in [0.2, 0.25) is 0 Å². The zero-order chi connectivity index (χ0) is 13.0. The predicted molar refractivity (Wildman–Crippen MR) is 53.1 cm³/mol. The number of aliphatic hydroxyl groups is 1. The van der Waals surface area contributed by atoms with Gasteiger partial charge >= 0.3 is 0 Å². The lowest BCUT2D eigenvalue weighted by atomic mass is 10.1. The summed E-state index contributed by atoms with van der Waals surface area (Å²) in [6, 6.07) is 2.07. The fourth-order valence-electron chi connectivity index (χ4n) is 1.13. The molecule has 0 aliphatic carbocycles. The molecular formula is C10H10NO6-. The number of amides is 1. The van der Waals surface area contributed by atoms with Crippen molar-refractivity contribution in [3.63, 3.8) is 0 Å². The van der Waals surface area contributed by atoms with Gasteiger partial charge in [0, 0.05) is 0 Å². The summed E-state index contributed by atoms with van der Waals surface area (Å²) < 4.78 is 0. The summed E-state index contributed by atoms with van der Waals surface area (Å²) in [4.78, 5) is 22.0. The van der Waals surface area contributed by atoms with Crippen molar-refractivity contribution in [1.82, 2.24) is 5.32 Å². The van der Waals surface area contributed by atoms with Crippen LogP contribution in [0.5, 0.6) is 11.5 Å². The van der Waals surface area contributed by atoms with Crippen molar-refractivity contribution in [1.29, 1.82) is 0 Å². The van der Waals surface area contributed by atoms with E-state index in [9.17, 15) is 19.8 Å². The monoisotopic (exact) mass is 240 g/mol. The van der Waals surface area contributed by atoms with Crippen molar-refractivity contribution in [3.05, 3.63) is 23.8 Å². The van der Waals surface area contributed by atoms with Crippen LogP contribution in [0.2, 0.25) is 0 Å². The fourth-order valence-corrected chi connectivity index (χ4v) is 1.13. The number of carboxylic acid groups (broad SMARTS) is 1. The van der Waals surface area contributed by atoms with E-state index >= 15 is 0 Å². The Morgan fingerprint density at radius 2 is 2.00 bits per heavy atom. The number of benzene rings is 1. The van der Waals surface area contributed by atoms with Gasteiger partial charge in [-0.3, -0.25) is 4.79 Å². The Morgan fingerprint density at radius 3 is 2.53 bits per heavy atom. The zero-order valence-corrected chi connectivity index (χ0v) is 8.58. The Bertz CT molecular complexity index is 444. The summed E-state index contributed by atoms with van der Waals surface area (Å²) in [6.07, 6.45) is 0. The van der Waals surface area contributed by atoms with Gasteiger partial charge in [-0.1, -0.05) is 6.07 Å². The first-order valence-corrected chi connectivity index (χ1v) is 4.61. The molecule has 0 saturated carbocycles. The number of phenols is 2. The Hall–Kier alpha value is -2.28. The van der Waals surface area contributed by atoms with E-state index in [0.29, 0.717) is 0 Å². The predicted octanol–water partition coefficient (Wildman–Crippen LogP) is -2.06. The number of hydrogen-bond donors (Lipinski definition) is 4. The third-order valence-corrected chi connectivity index (χ3v) is 2.03. The molecule has 92 valence electrons. The lowest BCUT2D eigenvalue weighted by Crippen LogP contribution is -2.50. The number of aliphatic hydroxyl groups excluding tert-OH is 1. The minimum Gasteiger partial charge on any atom is -0.548 e. The summed E-state index contributed by atoms with van der Waals surface area (Å²) in [5.74, 6) is -3.77. The molecule has 1 aromatic rings. The first-order chi connectivity index (χ1) is 7.97. The molecule has 1 amide bonds. The van der Waals surface area contributed by atoms with Crippen LogP contribution in [-0.4, -0.2) is 39.8 Å². The molecule has 7 nitrogen and oxygen atoms in total. The van der Waals surface area contributed by atoms with Crippen molar-refractivity contribution in [2.24, 2.45) is 0 Å². The van der Waals surface area contributed by atoms with Gasteiger partial charge < -0.3 is 30.5 Å². The standard InChI is InChI=1S/C10H11NO6/c12-4-6(10(16)17)11-9(15)5-2-1-3-7(13)8(5)14/h1-3,6,12-14H,4H2,(H,11,15)(H,16,17)/p-1/t6-/m0/s1. The Morgan fingerprint density at radius 1 is 1.35 bits per heavy atom. The summed E-state index contributed by atoms with van der Waals surface area (Å²) in [7, 11) is 0. The Balaban J connectivity index is 2.90. The zero-order valence-electron chi connectivity index (χ0n) is 8.58. The number of aliphatic carboxylic acids is 1. The highest BCUT2D eigenvalue weighted by atomic mass is 16.4. The van der Waals surface area contributed by atoms with Gasteiger partial charge in [0.1, 0.15) is 0 Å². The van der Waals surface area contributed by atoms with E-state index in [1.165, 1.54) is 12.1 Å². The number of rotatable bonds is 4. The SMILES string of the molecule is O=C(N[C@@H](CO)C(=O)[O-])c1cccc(O)c1O. The lowest BCUT2D eigenvalue weighted by molar-refractivity contribution is -0.308. The van der Waals surface area contributed by atoms with Crippen LogP contribution in [0, 0.1) is 0 Å². The molecule has 0 saturated heterocycles. The van der Waals surface area contributed by atoms with Crippen LogP contribution in [0.15, 0.2) is 18.2 Å². The van der Waals surface area contributed by atoms with Crippen molar-refractivity contribution in [2.45, 2.75) is 6.04 Å². The maximum absolute atomic E-state index is 11.5. The average Bonchev–Trinajstić information content (AvgIpc) is 2.28. The second-order valence-electron chi connectivity index (χ2n) is 3.20. The van der Waals surface area contributed by atoms with E-state index in [4.69, 9.17) is 10.2 Å². The van der Waals surface area contributed by atoms with E-state index in [-0.39, 0.29) is 5.56 Å². The number of aromatic hydroxyl groups is 2. The normalized spacial score (nSPS) is 11.8. The van der Waals surface area contributed by atoms with Crippen LogP contribution in [0.1, 0.15) is 10.4 Å². The number of carbonyl (C=O) groups excluding carboxylic acids is 2. The molecule has 0 fully saturated rings. The maximum Gasteiger partial charge on any atom is 0.255 e. The highest BCUT2D eigenvalue weighted by Crippen LogP contribution is 2.27. The highest BCUT2D eigenvalue weighted by molar-refractivity contribution is 5.99. The first kappa shape index (κ1) is 12.8. The number of hydrogen-bond acceptors (Lipinski definition) is 6. The first-order valence-electron chi connectivity index (χ1n) is 4.61. The molecule has 0 radical (unpaired) electrons. The minimum atomic E-state index is -1.65.